The smallest absolute Gasteiger partial charge is 0.241 e. The highest BCUT2D eigenvalue weighted by molar-refractivity contribution is 7.89. The lowest BCUT2D eigenvalue weighted by molar-refractivity contribution is -0.123. The number of hydrogen-bond donors (Lipinski definition) is 2. The van der Waals surface area contributed by atoms with Gasteiger partial charge in [-0.25, -0.2) is 8.42 Å². The molecule has 1 aromatic rings. The zero-order valence-corrected chi connectivity index (χ0v) is 15.4. The molecule has 2 rings (SSSR count). The Balaban J connectivity index is 2.01. The fraction of sp³-hybridized carbons (Fsp3) is 0.562. The number of rotatable bonds is 6. The van der Waals surface area contributed by atoms with Crippen molar-refractivity contribution in [3.8, 4) is 5.75 Å². The van der Waals surface area contributed by atoms with Gasteiger partial charge in [0.05, 0.1) is 23.1 Å². The van der Waals surface area contributed by atoms with Gasteiger partial charge >= 0.3 is 0 Å². The van der Waals surface area contributed by atoms with Gasteiger partial charge in [-0.1, -0.05) is 30.9 Å². The van der Waals surface area contributed by atoms with E-state index in [4.69, 9.17) is 16.3 Å². The van der Waals surface area contributed by atoms with Gasteiger partial charge in [0.1, 0.15) is 5.75 Å². The van der Waals surface area contributed by atoms with Gasteiger partial charge < -0.3 is 10.1 Å². The molecule has 24 heavy (non-hydrogen) atoms. The molecule has 0 spiro atoms. The van der Waals surface area contributed by atoms with Crippen molar-refractivity contribution in [3.63, 3.8) is 0 Å². The first-order chi connectivity index (χ1) is 11.3. The molecule has 1 atom stereocenters. The quantitative estimate of drug-likeness (QED) is 0.801. The van der Waals surface area contributed by atoms with Crippen molar-refractivity contribution in [1.29, 1.82) is 0 Å². The van der Waals surface area contributed by atoms with E-state index >= 15 is 0 Å². The normalized spacial score (nSPS) is 17.3. The Kier molecular flexibility index (Phi) is 6.48. The molecule has 0 radical (unpaired) electrons. The Labute approximate surface area is 148 Å². The van der Waals surface area contributed by atoms with Crippen molar-refractivity contribution in [1.82, 2.24) is 10.0 Å². The molecule has 0 aromatic heterocycles. The summed E-state index contributed by atoms with van der Waals surface area (Å²) in [4.78, 5) is 12.2. The van der Waals surface area contributed by atoms with Crippen LogP contribution in [0.5, 0.6) is 5.75 Å². The van der Waals surface area contributed by atoms with Crippen LogP contribution in [0.15, 0.2) is 23.1 Å². The first-order valence-electron chi connectivity index (χ1n) is 7.99. The minimum atomic E-state index is -3.84. The number of benzene rings is 1. The van der Waals surface area contributed by atoms with Crippen LogP contribution in [0.2, 0.25) is 5.02 Å². The van der Waals surface area contributed by atoms with E-state index in [-0.39, 0.29) is 21.9 Å². The number of sulfonamides is 1. The van der Waals surface area contributed by atoms with E-state index in [1.54, 1.807) is 0 Å². The lowest BCUT2D eigenvalue weighted by Gasteiger charge is -2.24. The number of halogens is 1. The summed E-state index contributed by atoms with van der Waals surface area (Å²) in [7, 11) is -2.39. The van der Waals surface area contributed by atoms with Crippen LogP contribution >= 0.6 is 11.6 Å². The largest absolute Gasteiger partial charge is 0.495 e. The number of ether oxygens (including phenoxy) is 1. The predicted molar refractivity (Wildman–Crippen MR) is 92.8 cm³/mol. The fourth-order valence-electron chi connectivity index (χ4n) is 2.74. The average Bonchev–Trinajstić information content (AvgIpc) is 2.55. The standard InChI is InChI=1S/C16H23ClN2O4S/c1-11(16(20)18-12-6-4-3-5-7-12)19-24(21,22)13-8-9-15(23-2)14(17)10-13/h8-12,19H,3-7H2,1-2H3,(H,18,20)/t11-/m1/s1. The second-order valence-electron chi connectivity index (χ2n) is 5.98. The zero-order valence-electron chi connectivity index (χ0n) is 13.8. The highest BCUT2D eigenvalue weighted by atomic mass is 35.5. The summed E-state index contributed by atoms with van der Waals surface area (Å²) in [6.07, 6.45) is 5.26. The van der Waals surface area contributed by atoms with Gasteiger partial charge in [-0.2, -0.15) is 4.72 Å². The highest BCUT2D eigenvalue weighted by Crippen LogP contribution is 2.27. The Morgan fingerprint density at radius 2 is 1.96 bits per heavy atom. The maximum Gasteiger partial charge on any atom is 0.241 e. The van der Waals surface area contributed by atoms with E-state index in [2.05, 4.69) is 10.0 Å². The van der Waals surface area contributed by atoms with Gasteiger partial charge in [-0.15, -0.1) is 0 Å². The zero-order chi connectivity index (χ0) is 17.7. The van der Waals surface area contributed by atoms with Crippen LogP contribution in [-0.4, -0.2) is 33.5 Å². The molecule has 0 heterocycles. The molecule has 1 amide bonds. The van der Waals surface area contributed by atoms with Gasteiger partial charge in [0.15, 0.2) is 0 Å². The van der Waals surface area contributed by atoms with Crippen LogP contribution in [0, 0.1) is 0 Å². The van der Waals surface area contributed by atoms with Crippen LogP contribution in [0.4, 0.5) is 0 Å². The summed E-state index contributed by atoms with van der Waals surface area (Å²) < 4.78 is 32.2. The molecule has 1 aliphatic rings. The highest BCUT2D eigenvalue weighted by Gasteiger charge is 2.25. The topological polar surface area (TPSA) is 84.5 Å². The van der Waals surface area contributed by atoms with Crippen molar-refractivity contribution >= 4 is 27.5 Å². The van der Waals surface area contributed by atoms with Gasteiger partial charge in [-0.05, 0) is 38.0 Å². The number of carbonyl (C=O) groups excluding carboxylic acids is 1. The fourth-order valence-corrected chi connectivity index (χ4v) is 4.29. The molecule has 6 nitrogen and oxygen atoms in total. The van der Waals surface area contributed by atoms with Crippen LogP contribution in [-0.2, 0) is 14.8 Å². The third kappa shape index (κ3) is 4.84. The average molecular weight is 375 g/mol. The lowest BCUT2D eigenvalue weighted by atomic mass is 9.95. The summed E-state index contributed by atoms with van der Waals surface area (Å²) in [5.41, 5.74) is 0. The maximum atomic E-state index is 12.4. The van der Waals surface area contributed by atoms with E-state index in [1.165, 1.54) is 38.7 Å². The number of hydrogen-bond acceptors (Lipinski definition) is 4. The van der Waals surface area contributed by atoms with Crippen molar-refractivity contribution < 1.29 is 17.9 Å². The van der Waals surface area contributed by atoms with Crippen molar-refractivity contribution in [2.75, 3.05) is 7.11 Å². The number of methoxy groups -OCH3 is 1. The Morgan fingerprint density at radius 1 is 1.29 bits per heavy atom. The first-order valence-corrected chi connectivity index (χ1v) is 9.86. The Bertz CT molecular complexity index is 687. The molecule has 2 N–H and O–H groups in total. The first kappa shape index (κ1) is 19.0. The summed E-state index contributed by atoms with van der Waals surface area (Å²) in [5, 5.41) is 3.10. The van der Waals surface area contributed by atoms with Crippen LogP contribution in [0.1, 0.15) is 39.0 Å². The predicted octanol–water partition coefficient (Wildman–Crippen LogP) is 2.46. The third-order valence-corrected chi connectivity index (χ3v) is 5.94. The molecule has 0 unspecified atom stereocenters. The minimum Gasteiger partial charge on any atom is -0.495 e. The summed E-state index contributed by atoms with van der Waals surface area (Å²) >= 11 is 5.97. The van der Waals surface area contributed by atoms with Crippen LogP contribution < -0.4 is 14.8 Å². The summed E-state index contributed by atoms with van der Waals surface area (Å²) in [5.74, 6) is 0.0730. The molecular weight excluding hydrogens is 352 g/mol. The van der Waals surface area contributed by atoms with Crippen molar-refractivity contribution in [2.24, 2.45) is 0 Å². The molecule has 1 aliphatic carbocycles. The second-order valence-corrected chi connectivity index (χ2v) is 8.10. The SMILES string of the molecule is COc1ccc(S(=O)(=O)N[C@H](C)C(=O)NC2CCCCC2)cc1Cl. The summed E-state index contributed by atoms with van der Waals surface area (Å²) in [6.45, 7) is 1.53. The van der Waals surface area contributed by atoms with E-state index < -0.39 is 16.1 Å². The maximum absolute atomic E-state index is 12.4. The summed E-state index contributed by atoms with van der Waals surface area (Å²) in [6, 6.07) is 3.43. The molecule has 8 heteroatoms. The Morgan fingerprint density at radius 3 is 2.54 bits per heavy atom. The minimum absolute atomic E-state index is 0.00869. The molecule has 1 fully saturated rings. The second kappa shape index (κ2) is 8.18. The van der Waals surface area contributed by atoms with Crippen molar-refractivity contribution in [3.05, 3.63) is 23.2 Å². The van der Waals surface area contributed by atoms with Crippen molar-refractivity contribution in [2.45, 2.75) is 56.0 Å². The molecule has 1 saturated carbocycles. The molecule has 0 aliphatic heterocycles. The number of amides is 1. The van der Waals surface area contributed by atoms with E-state index in [0.29, 0.717) is 5.75 Å². The van der Waals surface area contributed by atoms with Gasteiger partial charge in [-0.3, -0.25) is 4.79 Å². The van der Waals surface area contributed by atoms with Crippen LogP contribution in [0.3, 0.4) is 0 Å². The lowest BCUT2D eigenvalue weighted by Crippen LogP contribution is -2.48. The van der Waals surface area contributed by atoms with E-state index in [9.17, 15) is 13.2 Å². The molecule has 134 valence electrons. The van der Waals surface area contributed by atoms with E-state index in [1.807, 2.05) is 0 Å². The molecule has 0 bridgehead atoms. The Hall–Kier alpha value is -1.31. The monoisotopic (exact) mass is 374 g/mol. The van der Waals surface area contributed by atoms with E-state index in [0.717, 1.165) is 25.7 Å². The van der Waals surface area contributed by atoms with Gasteiger partial charge in [0.25, 0.3) is 0 Å². The molecular formula is C16H23ClN2O4S. The van der Waals surface area contributed by atoms with Gasteiger partial charge in [0.2, 0.25) is 15.9 Å². The number of nitrogens with one attached hydrogen (secondary N) is 2. The van der Waals surface area contributed by atoms with Crippen LogP contribution in [0.25, 0.3) is 0 Å². The van der Waals surface area contributed by atoms with Gasteiger partial charge in [0, 0.05) is 6.04 Å². The number of carbonyl (C=O) groups is 1. The molecule has 1 aromatic carbocycles. The third-order valence-electron chi connectivity index (χ3n) is 4.11. The molecule has 0 saturated heterocycles.